The van der Waals surface area contributed by atoms with Crippen LogP contribution in [0.5, 0.6) is 0 Å². The number of nitrogens with one attached hydrogen (secondary N) is 2. The Balaban J connectivity index is 3.25. The molecular formula is C27H39N3O. The van der Waals surface area contributed by atoms with E-state index >= 15 is 0 Å². The van der Waals surface area contributed by atoms with Gasteiger partial charge >= 0.3 is 0 Å². The average molecular weight is 422 g/mol. The topological polar surface area (TPSA) is 56.2 Å². The number of aldehydes is 1. The molecule has 0 spiro atoms. The first-order valence-electron chi connectivity index (χ1n) is 11.2. The van der Waals surface area contributed by atoms with Gasteiger partial charge < -0.3 is 10.3 Å². The fraction of sp³-hybridized carbons (Fsp3) is 0.407. The lowest BCUT2D eigenvalue weighted by atomic mass is 10.0. The predicted molar refractivity (Wildman–Crippen MR) is 135 cm³/mol. The van der Waals surface area contributed by atoms with Crippen molar-refractivity contribution in [2.24, 2.45) is 0 Å². The molecular weight excluding hydrogens is 382 g/mol. The number of nitrogens with zero attached hydrogens (tertiary/aromatic N) is 1. The van der Waals surface area contributed by atoms with Crippen molar-refractivity contribution in [3.63, 3.8) is 0 Å². The minimum absolute atomic E-state index is 0.595. The van der Waals surface area contributed by atoms with Crippen LogP contribution in [0.3, 0.4) is 0 Å². The summed E-state index contributed by atoms with van der Waals surface area (Å²) in [5, 5.41) is 11.2. The zero-order valence-corrected chi connectivity index (χ0v) is 19.7. The van der Waals surface area contributed by atoms with E-state index in [0.717, 1.165) is 35.2 Å². The van der Waals surface area contributed by atoms with Crippen LogP contribution in [0.4, 0.5) is 5.69 Å². The van der Waals surface area contributed by atoms with Gasteiger partial charge in [0.15, 0.2) is 6.29 Å². The van der Waals surface area contributed by atoms with Gasteiger partial charge in [-0.3, -0.25) is 10.1 Å². The summed E-state index contributed by atoms with van der Waals surface area (Å²) in [6.45, 7) is 7.87. The lowest BCUT2D eigenvalue weighted by Crippen LogP contribution is -2.32. The second-order valence-corrected chi connectivity index (χ2v) is 7.73. The van der Waals surface area contributed by atoms with E-state index in [-0.39, 0.29) is 0 Å². The molecule has 0 aliphatic rings. The first kappa shape index (κ1) is 26.3. The highest BCUT2D eigenvalue weighted by Crippen LogP contribution is 2.19. The molecule has 1 aromatic carbocycles. The quantitative estimate of drug-likeness (QED) is 0.131. The Labute approximate surface area is 188 Å². The molecule has 0 radical (unpaired) electrons. The first-order chi connectivity index (χ1) is 15.1. The maximum Gasteiger partial charge on any atom is 0.152 e. The Kier molecular flexibility index (Phi) is 13.6. The monoisotopic (exact) mass is 421 g/mol. The minimum Gasteiger partial charge on any atom is -0.361 e. The van der Waals surface area contributed by atoms with Crippen LogP contribution in [0.15, 0.2) is 60.2 Å². The third kappa shape index (κ3) is 10.2. The number of unbranched alkanes of at least 4 members (excludes halogenated alkanes) is 3. The van der Waals surface area contributed by atoms with Gasteiger partial charge in [0, 0.05) is 24.5 Å². The highest BCUT2D eigenvalue weighted by Gasteiger charge is 2.07. The minimum atomic E-state index is 0.595. The van der Waals surface area contributed by atoms with E-state index < -0.39 is 0 Å². The highest BCUT2D eigenvalue weighted by atomic mass is 16.1. The van der Waals surface area contributed by atoms with E-state index in [4.69, 9.17) is 5.41 Å². The first-order valence-corrected chi connectivity index (χ1v) is 11.2. The molecule has 0 aliphatic carbocycles. The number of hydrogen-bond donors (Lipinski definition) is 2. The van der Waals surface area contributed by atoms with Crippen LogP contribution in [-0.4, -0.2) is 32.8 Å². The SMILES string of the molecule is C/C=C/C=C(\C=N)Cc1cc(C=O)c(N(C)CNCCCCCC)cccccc1C. The second-order valence-electron chi connectivity index (χ2n) is 7.73. The zero-order valence-electron chi connectivity index (χ0n) is 19.7. The number of aryl methyl sites for hydroxylation is 1. The van der Waals surface area contributed by atoms with Crippen LogP contribution < -0.4 is 10.2 Å². The zero-order chi connectivity index (χ0) is 22.9. The Morgan fingerprint density at radius 3 is 2.61 bits per heavy atom. The third-order valence-corrected chi connectivity index (χ3v) is 5.13. The van der Waals surface area contributed by atoms with Crippen LogP contribution in [0, 0.1) is 12.3 Å². The average Bonchev–Trinajstić information content (AvgIpc) is 2.78. The lowest BCUT2D eigenvalue weighted by Gasteiger charge is -2.21. The van der Waals surface area contributed by atoms with Crippen molar-refractivity contribution in [2.45, 2.75) is 52.9 Å². The molecule has 0 aliphatic heterocycles. The predicted octanol–water partition coefficient (Wildman–Crippen LogP) is 6.19. The summed E-state index contributed by atoms with van der Waals surface area (Å²) >= 11 is 0. The molecule has 1 aromatic rings. The summed E-state index contributed by atoms with van der Waals surface area (Å²) in [5.41, 5.74) is 4.51. The fourth-order valence-corrected chi connectivity index (χ4v) is 3.23. The van der Waals surface area contributed by atoms with Crippen molar-refractivity contribution in [3.8, 4) is 0 Å². The molecule has 4 nitrogen and oxygen atoms in total. The van der Waals surface area contributed by atoms with Crippen molar-refractivity contribution in [1.29, 1.82) is 5.41 Å². The van der Waals surface area contributed by atoms with Crippen LogP contribution in [0.25, 0.3) is 0 Å². The Hall–Kier alpha value is -2.72. The number of carbonyl (C=O) groups is 1. The number of hydrogen-bond acceptors (Lipinski definition) is 4. The van der Waals surface area contributed by atoms with Crippen LogP contribution in [-0.2, 0) is 6.42 Å². The fourth-order valence-electron chi connectivity index (χ4n) is 3.23. The van der Waals surface area contributed by atoms with Gasteiger partial charge in [-0.25, -0.2) is 0 Å². The standard InChI is InChI=1S/C27H39N3O/c1-5-7-9-13-17-29-22-30(4)27-16-12-10-11-14-23(3)25(19-26(27)21-31)18-24(20-28)15-8-6-2/h6,8,10-12,14-16,19-21,28-29H,5,7,9,13,17-18,22H2,1-4H3/b8-6+,11-10?,12-10?,14-11?,16-12?,23-14?,24-15-,25-19?,25-23?,26-19?,27-16?,27-26?,28-20?. The van der Waals surface area contributed by atoms with Gasteiger partial charge in [0.05, 0.1) is 6.67 Å². The molecule has 0 amide bonds. The van der Waals surface area contributed by atoms with E-state index in [1.54, 1.807) is 0 Å². The normalized spacial score (nSPS) is 11.3. The largest absolute Gasteiger partial charge is 0.361 e. The van der Waals surface area contributed by atoms with E-state index in [1.807, 2.05) is 75.5 Å². The van der Waals surface area contributed by atoms with Gasteiger partial charge in [0.25, 0.3) is 0 Å². The molecule has 1 rings (SSSR count). The Bertz CT molecular complexity index is 810. The van der Waals surface area contributed by atoms with Gasteiger partial charge in [0.2, 0.25) is 0 Å². The molecule has 168 valence electrons. The third-order valence-electron chi connectivity index (χ3n) is 5.13. The maximum atomic E-state index is 12.1. The van der Waals surface area contributed by atoms with Crippen molar-refractivity contribution in [3.05, 3.63) is 76.9 Å². The van der Waals surface area contributed by atoms with Crippen molar-refractivity contribution in [1.82, 2.24) is 5.32 Å². The lowest BCUT2D eigenvalue weighted by molar-refractivity contribution is 0.112. The Morgan fingerprint density at radius 2 is 1.94 bits per heavy atom. The van der Waals surface area contributed by atoms with Gasteiger partial charge in [-0.05, 0) is 62.1 Å². The smallest absolute Gasteiger partial charge is 0.152 e. The molecule has 2 N–H and O–H groups in total. The molecule has 31 heavy (non-hydrogen) atoms. The molecule has 0 unspecified atom stereocenters. The van der Waals surface area contributed by atoms with E-state index in [9.17, 15) is 4.79 Å². The van der Waals surface area contributed by atoms with Crippen molar-refractivity contribution in [2.75, 3.05) is 25.2 Å². The van der Waals surface area contributed by atoms with E-state index in [1.165, 1.54) is 31.9 Å². The summed E-state index contributed by atoms with van der Waals surface area (Å²) in [6.07, 6.45) is 13.6. The molecule has 0 aromatic heterocycles. The summed E-state index contributed by atoms with van der Waals surface area (Å²) < 4.78 is 0. The van der Waals surface area contributed by atoms with E-state index in [2.05, 4.69) is 17.1 Å². The van der Waals surface area contributed by atoms with Gasteiger partial charge in [-0.15, -0.1) is 0 Å². The van der Waals surface area contributed by atoms with Gasteiger partial charge in [-0.1, -0.05) is 68.7 Å². The molecule has 0 fully saturated rings. The molecule has 4 heteroatoms. The Morgan fingerprint density at radius 1 is 1.16 bits per heavy atom. The number of anilines is 1. The summed E-state index contributed by atoms with van der Waals surface area (Å²) in [5.74, 6) is 0. The molecule has 0 heterocycles. The second kappa shape index (κ2) is 16.0. The van der Waals surface area contributed by atoms with Gasteiger partial charge in [0.1, 0.15) is 0 Å². The van der Waals surface area contributed by atoms with Crippen LogP contribution >= 0.6 is 0 Å². The van der Waals surface area contributed by atoms with Crippen molar-refractivity contribution >= 4 is 18.2 Å². The van der Waals surface area contributed by atoms with Crippen molar-refractivity contribution < 1.29 is 4.79 Å². The number of carbonyl (C=O) groups excluding carboxylic acids is 1. The molecule has 0 bridgehead atoms. The number of rotatable bonds is 13. The van der Waals surface area contributed by atoms with Crippen LogP contribution in [0.2, 0.25) is 0 Å². The molecule has 0 saturated carbocycles. The summed E-state index contributed by atoms with van der Waals surface area (Å²) in [4.78, 5) is 14.2. The molecule has 0 saturated heterocycles. The summed E-state index contributed by atoms with van der Waals surface area (Å²) in [6, 6.07) is 11.9. The van der Waals surface area contributed by atoms with Gasteiger partial charge in [-0.2, -0.15) is 0 Å². The van der Waals surface area contributed by atoms with E-state index in [0.29, 0.717) is 18.7 Å². The maximum absolute atomic E-state index is 12.1. The van der Waals surface area contributed by atoms with Crippen LogP contribution in [0.1, 0.15) is 61.0 Å². The molecule has 0 atom stereocenters. The summed E-state index contributed by atoms with van der Waals surface area (Å²) in [7, 11) is 2.00. The number of allylic oxidation sites excluding steroid dienone is 4. The highest BCUT2D eigenvalue weighted by molar-refractivity contribution is 5.84.